The first kappa shape index (κ1) is 25.4. The lowest BCUT2D eigenvalue weighted by molar-refractivity contribution is -0.133. The number of anilines is 1. The van der Waals surface area contributed by atoms with Gasteiger partial charge < -0.3 is 19.5 Å². The number of piperazine rings is 1. The van der Waals surface area contributed by atoms with Crippen LogP contribution in [0.15, 0.2) is 70.3 Å². The van der Waals surface area contributed by atoms with Crippen LogP contribution < -0.4 is 20.9 Å². The Hall–Kier alpha value is -4.27. The van der Waals surface area contributed by atoms with E-state index in [9.17, 15) is 14.4 Å². The molecule has 3 heterocycles. The number of amides is 1. The van der Waals surface area contributed by atoms with Crippen LogP contribution in [-0.4, -0.2) is 57.7 Å². The molecule has 4 aromatic rings. The Kier molecular flexibility index (Phi) is 7.09. The third-order valence-corrected chi connectivity index (χ3v) is 6.96. The van der Waals surface area contributed by atoms with Crippen LogP contribution in [0.1, 0.15) is 13.8 Å². The largest absolute Gasteiger partial charge is 0.484 e. The van der Waals surface area contributed by atoms with E-state index in [1.165, 1.54) is 14.8 Å². The lowest BCUT2D eigenvalue weighted by Crippen LogP contribution is -2.50. The summed E-state index contributed by atoms with van der Waals surface area (Å²) in [5, 5.41) is 0. The third kappa shape index (κ3) is 5.09. The highest BCUT2D eigenvalue weighted by Gasteiger charge is 2.21. The van der Waals surface area contributed by atoms with Gasteiger partial charge in [-0.1, -0.05) is 32.0 Å². The first-order valence-corrected chi connectivity index (χ1v) is 13.0. The number of carbonyl (C=O) groups is 1. The van der Waals surface area contributed by atoms with Gasteiger partial charge in [0.2, 0.25) is 0 Å². The van der Waals surface area contributed by atoms with Gasteiger partial charge in [-0.2, -0.15) is 0 Å². The zero-order valence-corrected chi connectivity index (χ0v) is 22.0. The van der Waals surface area contributed by atoms with Crippen molar-refractivity contribution in [3.8, 4) is 17.0 Å². The Morgan fingerprint density at radius 2 is 1.66 bits per heavy atom. The number of rotatable bonds is 7. The molecular formula is C29H33N5O4. The van der Waals surface area contributed by atoms with E-state index in [0.29, 0.717) is 36.4 Å². The van der Waals surface area contributed by atoms with E-state index in [-0.39, 0.29) is 29.7 Å². The Bertz CT molecular complexity index is 1540. The van der Waals surface area contributed by atoms with Crippen molar-refractivity contribution in [1.82, 2.24) is 19.0 Å². The normalized spacial score (nSPS) is 13.9. The summed E-state index contributed by atoms with van der Waals surface area (Å²) in [4.78, 5) is 45.7. The van der Waals surface area contributed by atoms with Gasteiger partial charge in [0.15, 0.2) is 6.61 Å². The molecule has 38 heavy (non-hydrogen) atoms. The quantitative estimate of drug-likeness (QED) is 0.408. The van der Waals surface area contributed by atoms with Gasteiger partial charge in [0.1, 0.15) is 11.3 Å². The summed E-state index contributed by atoms with van der Waals surface area (Å²) in [5.74, 6) is 0.731. The summed E-state index contributed by atoms with van der Waals surface area (Å²) in [5.41, 5.74) is 3.08. The number of H-pyrrole nitrogens is 1. The number of fused-ring (bicyclic) bond motifs is 1. The molecule has 1 amide bonds. The molecule has 0 unspecified atom stereocenters. The van der Waals surface area contributed by atoms with Crippen molar-refractivity contribution in [2.75, 3.05) is 37.7 Å². The van der Waals surface area contributed by atoms with Gasteiger partial charge in [-0.15, -0.1) is 0 Å². The monoisotopic (exact) mass is 515 g/mol. The number of carbonyl (C=O) groups excluding carboxylic acids is 1. The Labute approximate surface area is 220 Å². The maximum absolute atomic E-state index is 13.0. The number of ether oxygens (including phenoxy) is 1. The Morgan fingerprint density at radius 3 is 2.32 bits per heavy atom. The van der Waals surface area contributed by atoms with Gasteiger partial charge in [-0.05, 0) is 53.9 Å². The van der Waals surface area contributed by atoms with Crippen LogP contribution in [0.2, 0.25) is 0 Å². The topological polar surface area (TPSA) is 92.6 Å². The summed E-state index contributed by atoms with van der Waals surface area (Å²) in [6, 6.07) is 19.4. The van der Waals surface area contributed by atoms with Crippen LogP contribution in [0.4, 0.5) is 5.69 Å². The van der Waals surface area contributed by atoms with Gasteiger partial charge in [0, 0.05) is 51.2 Å². The molecule has 1 aliphatic rings. The molecule has 5 rings (SSSR count). The SMILES string of the molecule is CC(C)Cn1c(=O)c2[nH]c(-c3ccc(OCC(=O)N4CCN(c5ccccc5)CC4)cc3)cc2n(C)c1=O. The fraction of sp³-hybridized carbons (Fsp3) is 0.345. The van der Waals surface area contributed by atoms with E-state index in [0.717, 1.165) is 24.3 Å². The van der Waals surface area contributed by atoms with Crippen molar-refractivity contribution in [2.24, 2.45) is 13.0 Å². The minimum Gasteiger partial charge on any atom is -0.484 e. The van der Waals surface area contributed by atoms with Crippen LogP contribution >= 0.6 is 0 Å². The van der Waals surface area contributed by atoms with Crippen molar-refractivity contribution in [2.45, 2.75) is 20.4 Å². The lowest BCUT2D eigenvalue weighted by Gasteiger charge is -2.36. The highest BCUT2D eigenvalue weighted by molar-refractivity contribution is 5.82. The van der Waals surface area contributed by atoms with Crippen molar-refractivity contribution >= 4 is 22.6 Å². The van der Waals surface area contributed by atoms with E-state index >= 15 is 0 Å². The van der Waals surface area contributed by atoms with Crippen LogP contribution in [0.5, 0.6) is 5.75 Å². The van der Waals surface area contributed by atoms with Gasteiger partial charge in [-0.3, -0.25) is 18.7 Å². The molecule has 9 nitrogen and oxygen atoms in total. The summed E-state index contributed by atoms with van der Waals surface area (Å²) in [7, 11) is 1.67. The molecule has 1 saturated heterocycles. The molecule has 0 bridgehead atoms. The zero-order chi connectivity index (χ0) is 26.8. The molecule has 0 saturated carbocycles. The van der Waals surface area contributed by atoms with Crippen LogP contribution in [-0.2, 0) is 18.4 Å². The van der Waals surface area contributed by atoms with Crippen molar-refractivity contribution < 1.29 is 9.53 Å². The van der Waals surface area contributed by atoms with Crippen molar-refractivity contribution in [1.29, 1.82) is 0 Å². The summed E-state index contributed by atoms with van der Waals surface area (Å²) < 4.78 is 8.56. The van der Waals surface area contributed by atoms with Gasteiger partial charge in [0.25, 0.3) is 11.5 Å². The molecule has 198 valence electrons. The minimum atomic E-state index is -0.323. The van der Waals surface area contributed by atoms with E-state index in [2.05, 4.69) is 22.0 Å². The van der Waals surface area contributed by atoms with Crippen molar-refractivity contribution in [3.63, 3.8) is 0 Å². The highest BCUT2D eigenvalue weighted by atomic mass is 16.5. The average molecular weight is 516 g/mol. The zero-order valence-electron chi connectivity index (χ0n) is 22.0. The first-order chi connectivity index (χ1) is 18.3. The molecule has 0 atom stereocenters. The molecule has 9 heteroatoms. The number of para-hydroxylation sites is 1. The molecule has 1 aliphatic heterocycles. The van der Waals surface area contributed by atoms with Crippen LogP contribution in [0.3, 0.4) is 0 Å². The van der Waals surface area contributed by atoms with E-state index in [4.69, 9.17) is 4.74 Å². The molecule has 0 spiro atoms. The second kappa shape index (κ2) is 10.6. The highest BCUT2D eigenvalue weighted by Crippen LogP contribution is 2.24. The first-order valence-electron chi connectivity index (χ1n) is 13.0. The molecule has 2 aromatic heterocycles. The standard InChI is InChI=1S/C29H33N5O4/c1-20(2)18-34-28(36)27-25(31(3)29(34)37)17-24(30-27)21-9-11-23(12-10-21)38-19-26(35)33-15-13-32(14-16-33)22-7-5-4-6-8-22/h4-12,17,20,30H,13-16,18-19H2,1-3H3. The molecule has 1 fully saturated rings. The molecule has 0 aliphatic carbocycles. The smallest absolute Gasteiger partial charge is 0.331 e. The Balaban J connectivity index is 1.22. The molecular weight excluding hydrogens is 482 g/mol. The van der Waals surface area contributed by atoms with Gasteiger partial charge in [-0.25, -0.2) is 4.79 Å². The number of nitrogens with zero attached hydrogens (tertiary/aromatic N) is 4. The number of aromatic nitrogens is 3. The van der Waals surface area contributed by atoms with E-state index in [1.807, 2.05) is 55.1 Å². The summed E-state index contributed by atoms with van der Waals surface area (Å²) in [6.07, 6.45) is 0. The van der Waals surface area contributed by atoms with Crippen molar-refractivity contribution in [3.05, 3.63) is 81.5 Å². The average Bonchev–Trinajstić information content (AvgIpc) is 3.40. The number of hydrogen-bond acceptors (Lipinski definition) is 5. The number of benzene rings is 2. The number of aromatic amines is 1. The summed E-state index contributed by atoms with van der Waals surface area (Å²) >= 11 is 0. The summed E-state index contributed by atoms with van der Waals surface area (Å²) in [6.45, 7) is 7.21. The maximum atomic E-state index is 13.0. The number of nitrogens with one attached hydrogen (secondary N) is 1. The Morgan fingerprint density at radius 1 is 0.974 bits per heavy atom. The second-order valence-electron chi connectivity index (χ2n) is 10.1. The van der Waals surface area contributed by atoms with Gasteiger partial charge in [0.05, 0.1) is 5.52 Å². The predicted molar refractivity (Wildman–Crippen MR) is 149 cm³/mol. The fourth-order valence-electron chi connectivity index (χ4n) is 4.88. The third-order valence-electron chi connectivity index (χ3n) is 6.96. The van der Waals surface area contributed by atoms with E-state index in [1.54, 1.807) is 19.2 Å². The number of aryl methyl sites for hydroxylation is 1. The minimum absolute atomic E-state index is 0.0193. The number of hydrogen-bond donors (Lipinski definition) is 1. The fourth-order valence-corrected chi connectivity index (χ4v) is 4.88. The van der Waals surface area contributed by atoms with Gasteiger partial charge >= 0.3 is 5.69 Å². The molecule has 0 radical (unpaired) electrons. The molecule has 2 aromatic carbocycles. The lowest BCUT2D eigenvalue weighted by atomic mass is 10.1. The maximum Gasteiger partial charge on any atom is 0.331 e. The van der Waals surface area contributed by atoms with Crippen LogP contribution in [0.25, 0.3) is 22.3 Å². The van der Waals surface area contributed by atoms with Crippen LogP contribution in [0, 0.1) is 5.92 Å². The van der Waals surface area contributed by atoms with E-state index < -0.39 is 0 Å². The predicted octanol–water partition coefficient (Wildman–Crippen LogP) is 3.08. The molecule has 1 N–H and O–H groups in total. The second-order valence-corrected chi connectivity index (χ2v) is 10.1.